The lowest BCUT2D eigenvalue weighted by Crippen LogP contribution is -2.46. The molecule has 0 aromatic heterocycles. The van der Waals surface area contributed by atoms with Crippen LogP contribution >= 0.6 is 0 Å². The van der Waals surface area contributed by atoms with E-state index in [1.807, 2.05) is 6.92 Å². The van der Waals surface area contributed by atoms with Crippen molar-refractivity contribution >= 4 is 16.1 Å². The number of hydrogen-bond acceptors (Lipinski definition) is 4. The van der Waals surface area contributed by atoms with Crippen LogP contribution < -0.4 is 0 Å². The fraction of sp³-hybridized carbons (Fsp3) is 0.917. The Morgan fingerprint density at radius 1 is 1.09 bits per heavy atom. The summed E-state index contributed by atoms with van der Waals surface area (Å²) in [5.41, 5.74) is 0. The molecule has 0 fully saturated rings. The minimum absolute atomic E-state index is 0.114. The summed E-state index contributed by atoms with van der Waals surface area (Å²) < 4.78 is 85.2. The Kier molecular flexibility index (Phi) is 8.30. The van der Waals surface area contributed by atoms with Gasteiger partial charge >= 0.3 is 27.3 Å². The number of alkyl halides is 4. The maximum absolute atomic E-state index is 13.1. The second-order valence-electron chi connectivity index (χ2n) is 4.83. The first-order valence-corrected chi connectivity index (χ1v) is 8.28. The zero-order chi connectivity index (χ0) is 17.4. The van der Waals surface area contributed by atoms with Gasteiger partial charge in [-0.15, -0.1) is 0 Å². The molecule has 0 aliphatic heterocycles. The third-order valence-corrected chi connectivity index (χ3v) is 3.83. The monoisotopic (exact) mass is 352 g/mol. The molecule has 0 heterocycles. The van der Waals surface area contributed by atoms with E-state index in [0.717, 1.165) is 12.8 Å². The van der Waals surface area contributed by atoms with Crippen molar-refractivity contribution in [3.8, 4) is 0 Å². The molecule has 0 radical (unpaired) electrons. The Morgan fingerprint density at radius 2 is 1.68 bits per heavy atom. The van der Waals surface area contributed by atoms with Gasteiger partial charge in [0.2, 0.25) is 0 Å². The minimum Gasteiger partial charge on any atom is -0.466 e. The zero-order valence-electron chi connectivity index (χ0n) is 12.2. The molecule has 5 nitrogen and oxygen atoms in total. The van der Waals surface area contributed by atoms with Crippen molar-refractivity contribution in [2.75, 3.05) is 6.61 Å². The molecule has 0 aromatic rings. The molecular weight excluding hydrogens is 332 g/mol. The van der Waals surface area contributed by atoms with Crippen LogP contribution in [0.5, 0.6) is 0 Å². The van der Waals surface area contributed by atoms with E-state index in [1.165, 1.54) is 0 Å². The van der Waals surface area contributed by atoms with Gasteiger partial charge in [-0.1, -0.05) is 19.8 Å². The molecule has 22 heavy (non-hydrogen) atoms. The molecule has 0 saturated heterocycles. The van der Waals surface area contributed by atoms with Gasteiger partial charge < -0.3 is 4.74 Å². The smallest absolute Gasteiger partial charge is 0.431 e. The van der Waals surface area contributed by atoms with E-state index < -0.39 is 40.1 Å². The Labute approximate surface area is 126 Å². The lowest BCUT2D eigenvalue weighted by molar-refractivity contribution is -0.165. The van der Waals surface area contributed by atoms with E-state index in [4.69, 9.17) is 9.29 Å². The van der Waals surface area contributed by atoms with Crippen molar-refractivity contribution < 1.29 is 40.1 Å². The highest BCUT2D eigenvalue weighted by Gasteiger charge is 2.64. The number of halogens is 4. The van der Waals surface area contributed by atoms with Gasteiger partial charge in [0.05, 0.1) is 6.61 Å². The number of hydrogen-bond donors (Lipinski definition) is 1. The molecule has 0 bridgehead atoms. The van der Waals surface area contributed by atoms with Crippen LogP contribution in [0.4, 0.5) is 17.6 Å². The number of unbranched alkanes of at least 4 members (excludes halogenated alkanes) is 3. The second kappa shape index (κ2) is 8.66. The lowest BCUT2D eigenvalue weighted by Gasteiger charge is -2.23. The summed E-state index contributed by atoms with van der Waals surface area (Å²) in [6, 6.07) is 0. The maximum Gasteiger partial charge on any atom is 0.431 e. The SMILES string of the molecule is CCCCCC(=O)OCCCCC(F)(F)C(F)(F)S(=O)(=O)O. The quantitative estimate of drug-likeness (QED) is 0.267. The Morgan fingerprint density at radius 3 is 2.18 bits per heavy atom. The highest BCUT2D eigenvalue weighted by atomic mass is 32.2. The van der Waals surface area contributed by atoms with Crippen LogP contribution in [0, 0.1) is 0 Å². The highest BCUT2D eigenvalue weighted by Crippen LogP contribution is 2.41. The fourth-order valence-electron chi connectivity index (χ4n) is 1.56. The largest absolute Gasteiger partial charge is 0.466 e. The number of carbonyl (C=O) groups is 1. The van der Waals surface area contributed by atoms with Gasteiger partial charge in [-0.2, -0.15) is 26.0 Å². The first kappa shape index (κ1) is 21.1. The van der Waals surface area contributed by atoms with Crippen molar-refractivity contribution in [3.63, 3.8) is 0 Å². The normalized spacial score (nSPS) is 13.2. The molecule has 0 saturated carbocycles. The number of esters is 1. The molecule has 0 spiro atoms. The minimum atomic E-state index is -6.20. The topological polar surface area (TPSA) is 80.7 Å². The molecule has 0 aliphatic rings. The molecule has 10 heteroatoms. The lowest BCUT2D eigenvalue weighted by atomic mass is 10.1. The van der Waals surface area contributed by atoms with Crippen molar-refractivity contribution in [3.05, 3.63) is 0 Å². The first-order valence-electron chi connectivity index (χ1n) is 6.84. The third kappa shape index (κ3) is 6.47. The average molecular weight is 352 g/mol. The molecule has 0 aliphatic carbocycles. The average Bonchev–Trinajstić information content (AvgIpc) is 2.37. The summed E-state index contributed by atoms with van der Waals surface area (Å²) in [5, 5.41) is -5.54. The van der Waals surface area contributed by atoms with Gasteiger partial charge in [0.15, 0.2) is 0 Å². The van der Waals surface area contributed by atoms with Crippen LogP contribution in [0.2, 0.25) is 0 Å². The van der Waals surface area contributed by atoms with Gasteiger partial charge in [0.1, 0.15) is 0 Å². The van der Waals surface area contributed by atoms with Gasteiger partial charge in [0.25, 0.3) is 0 Å². The summed E-state index contributed by atoms with van der Waals surface area (Å²) in [6.07, 6.45) is 0.569. The molecule has 1 N–H and O–H groups in total. The summed E-state index contributed by atoms with van der Waals surface area (Å²) in [4.78, 5) is 11.2. The Hall–Kier alpha value is -0.900. The summed E-state index contributed by atoms with van der Waals surface area (Å²) in [5.74, 6) is -5.39. The van der Waals surface area contributed by atoms with E-state index in [1.54, 1.807) is 0 Å². The van der Waals surface area contributed by atoms with Gasteiger partial charge in [-0.05, 0) is 19.3 Å². The molecule has 0 rings (SSSR count). The number of ether oxygens (including phenoxy) is 1. The van der Waals surface area contributed by atoms with Crippen molar-refractivity contribution in [1.82, 2.24) is 0 Å². The van der Waals surface area contributed by atoms with Gasteiger partial charge in [-0.25, -0.2) is 0 Å². The summed E-state index contributed by atoms with van der Waals surface area (Å²) >= 11 is 0. The van der Waals surface area contributed by atoms with Crippen LogP contribution in [0.1, 0.15) is 51.9 Å². The second-order valence-corrected chi connectivity index (χ2v) is 6.29. The van der Waals surface area contributed by atoms with Gasteiger partial charge in [0, 0.05) is 12.8 Å². The van der Waals surface area contributed by atoms with Crippen LogP contribution in [-0.2, 0) is 19.6 Å². The molecule has 132 valence electrons. The Balaban J connectivity index is 4.08. The van der Waals surface area contributed by atoms with E-state index in [9.17, 15) is 30.8 Å². The standard InChI is InChI=1S/C12H20F4O5S/c1-2-3-4-7-10(17)21-9-6-5-8-11(13,14)12(15,16)22(18,19)20/h2-9H2,1H3,(H,18,19,20). The van der Waals surface area contributed by atoms with Crippen LogP contribution in [0.25, 0.3) is 0 Å². The number of rotatable bonds is 11. The number of carbonyl (C=O) groups excluding carboxylic acids is 1. The van der Waals surface area contributed by atoms with Crippen molar-refractivity contribution in [2.45, 2.75) is 63.0 Å². The molecule has 0 unspecified atom stereocenters. The van der Waals surface area contributed by atoms with Crippen molar-refractivity contribution in [2.24, 2.45) is 0 Å². The molecule has 0 amide bonds. The van der Waals surface area contributed by atoms with E-state index in [-0.39, 0.29) is 19.4 Å². The molecule has 0 atom stereocenters. The predicted molar refractivity (Wildman–Crippen MR) is 70.4 cm³/mol. The first-order chi connectivity index (χ1) is 9.95. The third-order valence-electron chi connectivity index (χ3n) is 2.88. The molecule has 0 aromatic carbocycles. The highest BCUT2D eigenvalue weighted by molar-refractivity contribution is 7.87. The van der Waals surface area contributed by atoms with E-state index in [0.29, 0.717) is 6.42 Å². The Bertz CT molecular complexity index is 450. The van der Waals surface area contributed by atoms with Crippen LogP contribution in [0.3, 0.4) is 0 Å². The maximum atomic E-state index is 13.1. The zero-order valence-corrected chi connectivity index (χ0v) is 13.0. The summed E-state index contributed by atoms with van der Waals surface area (Å²) in [6.45, 7) is 1.74. The van der Waals surface area contributed by atoms with E-state index in [2.05, 4.69) is 0 Å². The van der Waals surface area contributed by atoms with E-state index >= 15 is 0 Å². The van der Waals surface area contributed by atoms with Gasteiger partial charge in [-0.3, -0.25) is 9.35 Å². The van der Waals surface area contributed by atoms with Crippen LogP contribution in [-0.4, -0.2) is 36.7 Å². The van der Waals surface area contributed by atoms with Crippen LogP contribution in [0.15, 0.2) is 0 Å². The van der Waals surface area contributed by atoms with Crippen molar-refractivity contribution in [1.29, 1.82) is 0 Å². The summed E-state index contributed by atoms with van der Waals surface area (Å²) in [7, 11) is -6.20. The fourth-order valence-corrected chi connectivity index (χ4v) is 2.04. The molecular formula is C12H20F4O5S. The predicted octanol–water partition coefficient (Wildman–Crippen LogP) is 3.40.